The molecule has 0 spiro atoms. The summed E-state index contributed by atoms with van der Waals surface area (Å²) < 4.78 is 0. The van der Waals surface area contributed by atoms with Gasteiger partial charge in [0.15, 0.2) is 0 Å². The molecule has 1 aromatic carbocycles. The molecular weight excluding hydrogens is 540 g/mol. The molecule has 248 valence electrons. The van der Waals surface area contributed by atoms with Crippen LogP contribution in [0.4, 0.5) is 5.69 Å². The van der Waals surface area contributed by atoms with E-state index >= 15 is 0 Å². The van der Waals surface area contributed by atoms with E-state index in [0.29, 0.717) is 31.7 Å². The molecule has 0 aliphatic heterocycles. The van der Waals surface area contributed by atoms with Crippen LogP contribution in [0.1, 0.15) is 155 Å². The number of rotatable bonds is 26. The Morgan fingerprint density at radius 2 is 1.25 bits per heavy atom. The molecule has 4 heteroatoms. The van der Waals surface area contributed by atoms with Crippen LogP contribution in [0.2, 0.25) is 0 Å². The van der Waals surface area contributed by atoms with Crippen LogP contribution in [0.5, 0.6) is 0 Å². The summed E-state index contributed by atoms with van der Waals surface area (Å²) in [5, 5.41) is 3.65. The lowest BCUT2D eigenvalue weighted by molar-refractivity contribution is -0.126. The van der Waals surface area contributed by atoms with Gasteiger partial charge in [-0.15, -0.1) is 0 Å². The lowest BCUT2D eigenvalue weighted by Gasteiger charge is -2.35. The van der Waals surface area contributed by atoms with Gasteiger partial charge in [0, 0.05) is 37.7 Å². The van der Waals surface area contributed by atoms with Gasteiger partial charge in [-0.2, -0.15) is 0 Å². The molecule has 1 amide bonds. The Morgan fingerprint density at radius 3 is 1.82 bits per heavy atom. The first-order valence-corrected chi connectivity index (χ1v) is 18.4. The predicted molar refractivity (Wildman–Crippen MR) is 190 cm³/mol. The van der Waals surface area contributed by atoms with Crippen LogP contribution < -0.4 is 10.2 Å². The van der Waals surface area contributed by atoms with E-state index in [4.69, 9.17) is 0 Å². The SMILES string of the molecule is CCCCCCCCCCCC(=O)N(CCNC1C=CC=CC1(C)C(=O)CCCCCCCCCCC)c1ccccc1C. The number of unbranched alkanes of at least 4 members (excludes halogenated alkanes) is 16. The second kappa shape index (κ2) is 23.2. The third kappa shape index (κ3) is 14.3. The van der Waals surface area contributed by atoms with Crippen LogP contribution >= 0.6 is 0 Å². The van der Waals surface area contributed by atoms with Gasteiger partial charge in [-0.05, 0) is 38.3 Å². The molecule has 1 aromatic rings. The van der Waals surface area contributed by atoms with Crippen LogP contribution in [0.25, 0.3) is 0 Å². The van der Waals surface area contributed by atoms with E-state index in [2.05, 4.69) is 57.3 Å². The van der Waals surface area contributed by atoms with Gasteiger partial charge < -0.3 is 10.2 Å². The van der Waals surface area contributed by atoms with Crippen molar-refractivity contribution >= 4 is 17.4 Å². The molecule has 0 aromatic heterocycles. The fourth-order valence-corrected chi connectivity index (χ4v) is 6.45. The number of aryl methyl sites for hydroxylation is 1. The normalized spacial score (nSPS) is 17.7. The van der Waals surface area contributed by atoms with Gasteiger partial charge in [-0.25, -0.2) is 0 Å². The zero-order chi connectivity index (χ0) is 31.9. The molecule has 0 fully saturated rings. The molecule has 0 radical (unpaired) electrons. The average molecular weight is 607 g/mol. The van der Waals surface area contributed by atoms with Crippen LogP contribution in [0.15, 0.2) is 48.6 Å². The minimum Gasteiger partial charge on any atom is -0.311 e. The van der Waals surface area contributed by atoms with Gasteiger partial charge >= 0.3 is 0 Å². The number of carbonyl (C=O) groups is 2. The van der Waals surface area contributed by atoms with Crippen LogP contribution in [0.3, 0.4) is 0 Å². The molecule has 4 nitrogen and oxygen atoms in total. The van der Waals surface area contributed by atoms with E-state index in [1.807, 2.05) is 29.2 Å². The molecular formula is C40H66N2O2. The predicted octanol–water partition coefficient (Wildman–Crippen LogP) is 10.8. The molecule has 0 bridgehead atoms. The molecule has 1 aliphatic rings. The van der Waals surface area contributed by atoms with Crippen LogP contribution in [-0.4, -0.2) is 30.8 Å². The fraction of sp³-hybridized carbons (Fsp3) is 0.700. The molecule has 44 heavy (non-hydrogen) atoms. The molecule has 1 aliphatic carbocycles. The molecule has 2 unspecified atom stereocenters. The lowest BCUT2D eigenvalue weighted by Crippen LogP contribution is -2.49. The molecule has 0 saturated heterocycles. The number of hydrogen-bond donors (Lipinski definition) is 1. The van der Waals surface area contributed by atoms with Crippen LogP contribution in [-0.2, 0) is 9.59 Å². The number of benzene rings is 1. The topological polar surface area (TPSA) is 49.4 Å². The Labute approximate surface area is 271 Å². The van der Waals surface area contributed by atoms with Crippen molar-refractivity contribution in [1.82, 2.24) is 5.32 Å². The number of allylic oxidation sites excluding steroid dienone is 2. The highest BCUT2D eigenvalue weighted by atomic mass is 16.2. The number of carbonyl (C=O) groups excluding carboxylic acids is 2. The zero-order valence-electron chi connectivity index (χ0n) is 29.0. The number of nitrogens with zero attached hydrogens (tertiary/aromatic N) is 1. The zero-order valence-corrected chi connectivity index (χ0v) is 29.0. The van der Waals surface area contributed by atoms with Crippen molar-refractivity contribution in [1.29, 1.82) is 0 Å². The van der Waals surface area contributed by atoms with Gasteiger partial charge in [0.25, 0.3) is 0 Å². The van der Waals surface area contributed by atoms with Crippen molar-refractivity contribution in [3.05, 3.63) is 54.1 Å². The first-order valence-electron chi connectivity index (χ1n) is 18.4. The second-order valence-corrected chi connectivity index (χ2v) is 13.4. The van der Waals surface area contributed by atoms with E-state index in [1.54, 1.807) is 0 Å². The Kier molecular flexibility index (Phi) is 20.0. The Morgan fingerprint density at radius 1 is 0.727 bits per heavy atom. The molecule has 0 heterocycles. The number of nitrogens with one attached hydrogen (secondary N) is 1. The number of anilines is 1. The van der Waals surface area contributed by atoms with Gasteiger partial charge in [-0.1, -0.05) is 159 Å². The quantitative estimate of drug-likeness (QED) is 0.107. The maximum Gasteiger partial charge on any atom is 0.227 e. The summed E-state index contributed by atoms with van der Waals surface area (Å²) in [4.78, 5) is 28.9. The number of Topliss-reactive ketones (excluding diaryl/α,β-unsaturated/α-hetero) is 1. The third-order valence-corrected chi connectivity index (χ3v) is 9.51. The summed E-state index contributed by atoms with van der Waals surface area (Å²) in [5.74, 6) is 0.517. The van der Waals surface area contributed by atoms with Crippen molar-refractivity contribution in [2.45, 2.75) is 162 Å². The Hall–Kier alpha value is -2.20. The number of ketones is 1. The molecule has 2 atom stereocenters. The number of hydrogen-bond acceptors (Lipinski definition) is 3. The van der Waals surface area contributed by atoms with Gasteiger partial charge in [0.1, 0.15) is 5.78 Å². The lowest BCUT2D eigenvalue weighted by atomic mass is 9.74. The summed E-state index contributed by atoms with van der Waals surface area (Å²) >= 11 is 0. The number of amides is 1. The van der Waals surface area contributed by atoms with Gasteiger partial charge in [0.2, 0.25) is 5.91 Å². The smallest absolute Gasteiger partial charge is 0.227 e. The third-order valence-electron chi connectivity index (χ3n) is 9.51. The highest BCUT2D eigenvalue weighted by Crippen LogP contribution is 2.31. The van der Waals surface area contributed by atoms with Gasteiger partial charge in [0.05, 0.1) is 5.41 Å². The first-order chi connectivity index (χ1) is 21.4. The van der Waals surface area contributed by atoms with E-state index in [0.717, 1.165) is 36.9 Å². The van der Waals surface area contributed by atoms with Gasteiger partial charge in [-0.3, -0.25) is 9.59 Å². The summed E-state index contributed by atoms with van der Waals surface area (Å²) in [6.07, 6.45) is 32.0. The average Bonchev–Trinajstić information content (AvgIpc) is 3.02. The first kappa shape index (κ1) is 38.0. The minimum absolute atomic E-state index is 0.0651. The second-order valence-electron chi connectivity index (χ2n) is 13.4. The van der Waals surface area contributed by atoms with Crippen molar-refractivity contribution in [3.8, 4) is 0 Å². The highest BCUT2D eigenvalue weighted by molar-refractivity contribution is 5.94. The van der Waals surface area contributed by atoms with E-state index in [-0.39, 0.29) is 11.9 Å². The highest BCUT2D eigenvalue weighted by Gasteiger charge is 2.37. The van der Waals surface area contributed by atoms with Crippen molar-refractivity contribution < 1.29 is 9.59 Å². The fourth-order valence-electron chi connectivity index (χ4n) is 6.45. The van der Waals surface area contributed by atoms with Crippen molar-refractivity contribution in [2.24, 2.45) is 5.41 Å². The Bertz CT molecular complexity index is 983. The van der Waals surface area contributed by atoms with Crippen molar-refractivity contribution in [2.75, 3.05) is 18.0 Å². The minimum atomic E-state index is -0.553. The maximum atomic E-state index is 13.5. The van der Waals surface area contributed by atoms with E-state index in [9.17, 15) is 9.59 Å². The van der Waals surface area contributed by atoms with Crippen molar-refractivity contribution in [3.63, 3.8) is 0 Å². The molecule has 2 rings (SSSR count). The maximum absolute atomic E-state index is 13.5. The summed E-state index contributed by atoms with van der Waals surface area (Å²) in [6.45, 7) is 9.91. The Balaban J connectivity index is 1.83. The van der Waals surface area contributed by atoms with E-state index < -0.39 is 5.41 Å². The summed E-state index contributed by atoms with van der Waals surface area (Å²) in [5.41, 5.74) is 1.57. The molecule has 0 saturated carbocycles. The standard InChI is InChI=1S/C40H66N2O2/c1-5-7-9-11-13-15-17-19-21-30-38(43)40(4)32-26-25-29-37(40)41-33-34-42(36-28-24-23-27-35(36)3)39(44)31-22-20-18-16-14-12-10-8-6-2/h23-29,32,37,41H,5-22,30-31,33-34H2,1-4H3. The monoisotopic (exact) mass is 607 g/mol. The number of para-hydroxylation sites is 1. The van der Waals surface area contributed by atoms with E-state index in [1.165, 1.54) is 89.9 Å². The summed E-state index contributed by atoms with van der Waals surface area (Å²) in [7, 11) is 0. The van der Waals surface area contributed by atoms with Crippen LogP contribution in [0, 0.1) is 12.3 Å². The largest absolute Gasteiger partial charge is 0.311 e. The summed E-state index contributed by atoms with van der Waals surface area (Å²) in [6, 6.07) is 8.13. The molecule has 1 N–H and O–H groups in total.